The number of nitrogens with two attached hydrogens (primary N) is 1. The van der Waals surface area contributed by atoms with Crippen LogP contribution in [-0.4, -0.2) is 31.1 Å². The topological polar surface area (TPSA) is 29.3 Å². The van der Waals surface area contributed by atoms with E-state index in [1.807, 2.05) is 0 Å². The van der Waals surface area contributed by atoms with Crippen molar-refractivity contribution in [3.8, 4) is 0 Å². The molecule has 16 heavy (non-hydrogen) atoms. The number of unbranched alkanes of at least 4 members (excludes halogenated alkanes) is 3. The predicted molar refractivity (Wildman–Crippen MR) is 71.5 cm³/mol. The lowest BCUT2D eigenvalue weighted by Gasteiger charge is -2.15. The normalized spacial score (nSPS) is 22.1. The van der Waals surface area contributed by atoms with Gasteiger partial charge in [0, 0.05) is 6.54 Å². The number of likely N-dealkylation sites (tertiary alicyclic amines) is 1. The minimum absolute atomic E-state index is 0.779. The number of nitrogens with zero attached hydrogens (tertiary/aromatic N) is 1. The van der Waals surface area contributed by atoms with E-state index < -0.39 is 0 Å². The molecule has 1 aliphatic rings. The molecule has 96 valence electrons. The molecule has 0 aromatic rings. The molecule has 1 rings (SSSR count). The first kappa shape index (κ1) is 14.0. The van der Waals surface area contributed by atoms with Crippen LogP contribution in [0.3, 0.4) is 0 Å². The van der Waals surface area contributed by atoms with Crippen molar-refractivity contribution in [2.45, 2.75) is 52.4 Å². The van der Waals surface area contributed by atoms with Crippen LogP contribution in [0.2, 0.25) is 0 Å². The van der Waals surface area contributed by atoms with E-state index in [0.717, 1.165) is 18.4 Å². The van der Waals surface area contributed by atoms with Crippen molar-refractivity contribution in [3.05, 3.63) is 0 Å². The van der Waals surface area contributed by atoms with Gasteiger partial charge in [0.25, 0.3) is 0 Å². The zero-order valence-corrected chi connectivity index (χ0v) is 11.3. The maximum absolute atomic E-state index is 5.69. The molecule has 2 nitrogen and oxygen atoms in total. The highest BCUT2D eigenvalue weighted by atomic mass is 15.1. The summed E-state index contributed by atoms with van der Waals surface area (Å²) in [5, 5.41) is 0. The average Bonchev–Trinajstić information content (AvgIpc) is 2.70. The van der Waals surface area contributed by atoms with Crippen molar-refractivity contribution in [1.29, 1.82) is 0 Å². The maximum atomic E-state index is 5.69. The summed E-state index contributed by atoms with van der Waals surface area (Å²) in [6, 6.07) is 0. The Morgan fingerprint density at radius 2 is 1.94 bits per heavy atom. The van der Waals surface area contributed by atoms with Gasteiger partial charge in [0.1, 0.15) is 0 Å². The van der Waals surface area contributed by atoms with Gasteiger partial charge in [0.15, 0.2) is 0 Å². The average molecular weight is 226 g/mol. The second kappa shape index (κ2) is 8.08. The lowest BCUT2D eigenvalue weighted by Crippen LogP contribution is -2.24. The monoisotopic (exact) mass is 226 g/mol. The fourth-order valence-electron chi connectivity index (χ4n) is 2.55. The summed E-state index contributed by atoms with van der Waals surface area (Å²) in [5.74, 6) is 1.66. The third-order valence-corrected chi connectivity index (χ3v) is 3.71. The number of rotatable bonds is 8. The molecular weight excluding hydrogens is 196 g/mol. The number of hydrogen-bond donors (Lipinski definition) is 1. The molecule has 1 aliphatic heterocycles. The summed E-state index contributed by atoms with van der Waals surface area (Å²) >= 11 is 0. The Labute approximate surface area is 102 Å². The Bertz CT molecular complexity index is 168. The van der Waals surface area contributed by atoms with E-state index in [1.165, 1.54) is 58.2 Å². The van der Waals surface area contributed by atoms with Gasteiger partial charge < -0.3 is 10.6 Å². The summed E-state index contributed by atoms with van der Waals surface area (Å²) < 4.78 is 0. The first-order valence-corrected chi connectivity index (χ1v) is 7.14. The molecule has 0 radical (unpaired) electrons. The van der Waals surface area contributed by atoms with Gasteiger partial charge in [-0.05, 0) is 44.3 Å². The standard InChI is InChI=1S/C14H30N2/c1-13(2)7-5-3-4-6-9-16-10-8-14(11-15)12-16/h13-14H,3-12,15H2,1-2H3. The Kier molecular flexibility index (Phi) is 7.06. The van der Waals surface area contributed by atoms with Crippen molar-refractivity contribution in [3.63, 3.8) is 0 Å². The minimum atomic E-state index is 0.779. The van der Waals surface area contributed by atoms with Crippen molar-refractivity contribution in [2.24, 2.45) is 17.6 Å². The van der Waals surface area contributed by atoms with E-state index >= 15 is 0 Å². The fraction of sp³-hybridized carbons (Fsp3) is 1.00. The summed E-state index contributed by atoms with van der Waals surface area (Å²) in [7, 11) is 0. The molecule has 1 unspecified atom stereocenters. The summed E-state index contributed by atoms with van der Waals surface area (Å²) in [6.45, 7) is 9.35. The summed E-state index contributed by atoms with van der Waals surface area (Å²) in [6.07, 6.45) is 8.37. The Balaban J connectivity index is 1.88. The minimum Gasteiger partial charge on any atom is -0.330 e. The molecule has 1 atom stereocenters. The molecule has 0 spiro atoms. The molecule has 0 aromatic heterocycles. The summed E-state index contributed by atoms with van der Waals surface area (Å²) in [4.78, 5) is 2.60. The zero-order valence-electron chi connectivity index (χ0n) is 11.3. The first-order valence-electron chi connectivity index (χ1n) is 7.14. The highest BCUT2D eigenvalue weighted by Gasteiger charge is 2.19. The predicted octanol–water partition coefficient (Wildman–Crippen LogP) is 2.87. The lowest BCUT2D eigenvalue weighted by atomic mass is 10.0. The molecule has 0 aromatic carbocycles. The van der Waals surface area contributed by atoms with Crippen LogP contribution < -0.4 is 5.73 Å². The molecule has 0 saturated carbocycles. The smallest absolute Gasteiger partial charge is 0.00222 e. The van der Waals surface area contributed by atoms with Gasteiger partial charge in [0.2, 0.25) is 0 Å². The molecule has 0 bridgehead atoms. The van der Waals surface area contributed by atoms with Gasteiger partial charge in [-0.25, -0.2) is 0 Å². The van der Waals surface area contributed by atoms with Crippen LogP contribution in [0.15, 0.2) is 0 Å². The van der Waals surface area contributed by atoms with E-state index in [0.29, 0.717) is 0 Å². The molecule has 2 heteroatoms. The van der Waals surface area contributed by atoms with E-state index in [9.17, 15) is 0 Å². The van der Waals surface area contributed by atoms with Crippen LogP contribution in [0.5, 0.6) is 0 Å². The van der Waals surface area contributed by atoms with E-state index in [4.69, 9.17) is 5.73 Å². The number of hydrogen-bond acceptors (Lipinski definition) is 2. The highest BCUT2D eigenvalue weighted by molar-refractivity contribution is 4.75. The van der Waals surface area contributed by atoms with E-state index in [2.05, 4.69) is 18.7 Å². The van der Waals surface area contributed by atoms with Crippen molar-refractivity contribution < 1.29 is 0 Å². The maximum Gasteiger partial charge on any atom is 0.00222 e. The molecule has 1 fully saturated rings. The van der Waals surface area contributed by atoms with Gasteiger partial charge >= 0.3 is 0 Å². The van der Waals surface area contributed by atoms with Gasteiger partial charge in [-0.3, -0.25) is 0 Å². The van der Waals surface area contributed by atoms with Gasteiger partial charge in [-0.15, -0.1) is 0 Å². The second-order valence-corrected chi connectivity index (χ2v) is 5.79. The van der Waals surface area contributed by atoms with E-state index in [-0.39, 0.29) is 0 Å². The van der Waals surface area contributed by atoms with Gasteiger partial charge in [-0.1, -0.05) is 39.5 Å². The van der Waals surface area contributed by atoms with Crippen LogP contribution in [-0.2, 0) is 0 Å². The SMILES string of the molecule is CC(C)CCCCCCN1CCC(CN)C1. The molecule has 2 N–H and O–H groups in total. The van der Waals surface area contributed by atoms with Gasteiger partial charge in [-0.2, -0.15) is 0 Å². The first-order chi connectivity index (χ1) is 7.72. The third kappa shape index (κ3) is 5.86. The third-order valence-electron chi connectivity index (χ3n) is 3.71. The van der Waals surface area contributed by atoms with Crippen LogP contribution in [0.25, 0.3) is 0 Å². The second-order valence-electron chi connectivity index (χ2n) is 5.79. The van der Waals surface area contributed by atoms with Crippen molar-refractivity contribution in [2.75, 3.05) is 26.2 Å². The van der Waals surface area contributed by atoms with Crippen LogP contribution in [0.1, 0.15) is 52.4 Å². The molecule has 1 saturated heterocycles. The van der Waals surface area contributed by atoms with Crippen LogP contribution in [0.4, 0.5) is 0 Å². The quantitative estimate of drug-likeness (QED) is 0.645. The van der Waals surface area contributed by atoms with Crippen molar-refractivity contribution >= 4 is 0 Å². The Morgan fingerprint density at radius 3 is 2.56 bits per heavy atom. The highest BCUT2D eigenvalue weighted by Crippen LogP contribution is 2.16. The largest absolute Gasteiger partial charge is 0.330 e. The lowest BCUT2D eigenvalue weighted by molar-refractivity contribution is 0.315. The molecule has 1 heterocycles. The zero-order chi connectivity index (χ0) is 11.8. The molecule has 0 amide bonds. The van der Waals surface area contributed by atoms with Crippen LogP contribution >= 0.6 is 0 Å². The van der Waals surface area contributed by atoms with Gasteiger partial charge in [0.05, 0.1) is 0 Å². The summed E-state index contributed by atoms with van der Waals surface area (Å²) in [5.41, 5.74) is 5.69. The Morgan fingerprint density at radius 1 is 1.19 bits per heavy atom. The van der Waals surface area contributed by atoms with Crippen LogP contribution in [0, 0.1) is 11.8 Å². The van der Waals surface area contributed by atoms with Crippen molar-refractivity contribution in [1.82, 2.24) is 4.90 Å². The fourth-order valence-corrected chi connectivity index (χ4v) is 2.55. The molecular formula is C14H30N2. The molecule has 0 aliphatic carbocycles. The van der Waals surface area contributed by atoms with E-state index in [1.54, 1.807) is 0 Å². The Hall–Kier alpha value is -0.0800.